The van der Waals surface area contributed by atoms with Gasteiger partial charge in [-0.15, -0.1) is 0 Å². The van der Waals surface area contributed by atoms with Crippen LogP contribution in [-0.4, -0.2) is 9.97 Å². The van der Waals surface area contributed by atoms with E-state index in [1.165, 1.54) is 6.20 Å². The molecule has 0 aliphatic carbocycles. The van der Waals surface area contributed by atoms with Crippen LogP contribution >= 0.6 is 0 Å². The minimum Gasteiger partial charge on any atom is -0.267 e. The van der Waals surface area contributed by atoms with Gasteiger partial charge < -0.3 is 0 Å². The molecule has 2 aliphatic heterocycles. The van der Waals surface area contributed by atoms with Gasteiger partial charge in [0, 0.05) is 11.8 Å². The molecule has 82 valence electrons. The van der Waals surface area contributed by atoms with Crippen molar-refractivity contribution in [2.75, 3.05) is 0 Å². The van der Waals surface area contributed by atoms with E-state index in [1.54, 1.807) is 0 Å². The second-order valence-corrected chi connectivity index (χ2v) is 3.99. The van der Waals surface area contributed by atoms with E-state index in [1.807, 2.05) is 31.2 Å². The van der Waals surface area contributed by atoms with Crippen LogP contribution in [0.2, 0.25) is 0 Å². The van der Waals surface area contributed by atoms with Crippen molar-refractivity contribution in [3.05, 3.63) is 67.2 Å². The predicted molar refractivity (Wildman–Crippen MR) is 62.4 cm³/mol. The number of benzene rings is 1. The Morgan fingerprint density at radius 2 is 1.94 bits per heavy atom. The van der Waals surface area contributed by atoms with Gasteiger partial charge in [-0.2, -0.15) is 0 Å². The van der Waals surface area contributed by atoms with Gasteiger partial charge in [0.2, 0.25) is 0 Å². The molecule has 0 saturated heterocycles. The summed E-state index contributed by atoms with van der Waals surface area (Å²) in [7, 11) is 0. The summed E-state index contributed by atoms with van der Waals surface area (Å²) in [6, 6.07) is 7.55. The third kappa shape index (κ3) is 1.38. The highest BCUT2D eigenvalue weighted by atomic mass is 16.1. The highest BCUT2D eigenvalue weighted by Gasteiger charge is 2.13. The summed E-state index contributed by atoms with van der Waals surface area (Å²) in [4.78, 5) is 30.7. The zero-order valence-corrected chi connectivity index (χ0v) is 9.10. The molecule has 3 rings (SSSR count). The molecule has 2 aliphatic rings. The molecule has 0 fully saturated rings. The van der Waals surface area contributed by atoms with Crippen LogP contribution in [0.4, 0.5) is 0 Å². The first-order chi connectivity index (χ1) is 8.16. The van der Waals surface area contributed by atoms with Crippen LogP contribution < -0.4 is 11.1 Å². The van der Waals surface area contributed by atoms with E-state index in [4.69, 9.17) is 0 Å². The van der Waals surface area contributed by atoms with Crippen LogP contribution in [0.3, 0.4) is 0 Å². The van der Waals surface area contributed by atoms with Crippen molar-refractivity contribution < 1.29 is 0 Å². The highest BCUT2D eigenvalue weighted by Crippen LogP contribution is 2.18. The first-order valence-electron chi connectivity index (χ1n) is 5.20. The molecule has 4 nitrogen and oxygen atoms in total. The maximum Gasteiger partial charge on any atom is 0.280 e. The van der Waals surface area contributed by atoms with Gasteiger partial charge in [0.25, 0.3) is 11.1 Å². The Morgan fingerprint density at radius 3 is 2.71 bits per heavy atom. The molecule has 0 radical (unpaired) electrons. The van der Waals surface area contributed by atoms with Crippen LogP contribution in [0, 0.1) is 17.4 Å². The fourth-order valence-electron chi connectivity index (χ4n) is 1.98. The van der Waals surface area contributed by atoms with Crippen molar-refractivity contribution in [1.82, 2.24) is 9.97 Å². The normalized spacial score (nSPS) is 11.1. The average molecular weight is 224 g/mol. The molecule has 0 atom stereocenters. The smallest absolute Gasteiger partial charge is 0.267 e. The predicted octanol–water partition coefficient (Wildman–Crippen LogP) is 0.773. The van der Waals surface area contributed by atoms with E-state index in [0.717, 1.165) is 11.1 Å². The Balaban J connectivity index is 2.45. The average Bonchev–Trinajstić information content (AvgIpc) is 2.82. The van der Waals surface area contributed by atoms with E-state index in [-0.39, 0.29) is 11.1 Å². The third-order valence-corrected chi connectivity index (χ3v) is 2.77. The van der Waals surface area contributed by atoms with Crippen molar-refractivity contribution in [3.8, 4) is 11.3 Å². The summed E-state index contributed by atoms with van der Waals surface area (Å²) >= 11 is 0. The summed E-state index contributed by atoms with van der Waals surface area (Å²) in [6.07, 6.45) is 1.30. The second kappa shape index (κ2) is 3.31. The minimum absolute atomic E-state index is 0.312. The van der Waals surface area contributed by atoms with Gasteiger partial charge in [-0.05, 0) is 13.0 Å². The van der Waals surface area contributed by atoms with Gasteiger partial charge in [0.1, 0.15) is 0 Å². The lowest BCUT2D eigenvalue weighted by atomic mass is 10.1. The fraction of sp³-hybridized carbons (Fsp3) is 0.0769. The molecule has 17 heavy (non-hydrogen) atoms. The zero-order valence-electron chi connectivity index (χ0n) is 9.10. The van der Waals surface area contributed by atoms with Crippen LogP contribution in [0.1, 0.15) is 5.56 Å². The SMILES string of the molecule is Cc1cccc(-c2nc(=O)c3cnc(=O)c2=3)c1. The lowest BCUT2D eigenvalue weighted by Gasteiger charge is -1.97. The number of aryl methyl sites for hydroxylation is 1. The molecule has 0 aromatic heterocycles. The van der Waals surface area contributed by atoms with Gasteiger partial charge in [-0.1, -0.05) is 23.8 Å². The van der Waals surface area contributed by atoms with E-state index >= 15 is 0 Å². The lowest BCUT2D eigenvalue weighted by molar-refractivity contribution is 1.23. The molecule has 1 aromatic rings. The van der Waals surface area contributed by atoms with Crippen LogP contribution in [-0.2, 0) is 0 Å². The van der Waals surface area contributed by atoms with E-state index in [0.29, 0.717) is 16.1 Å². The van der Waals surface area contributed by atoms with E-state index < -0.39 is 0 Å². The maximum atomic E-state index is 11.6. The minimum atomic E-state index is -0.383. The standard InChI is InChI=1S/C13H8N2O2/c1-7-3-2-4-8(5-7)11-10-9(12(16)15-11)6-14-13(10)17/h2-6H,1H3. The quantitative estimate of drug-likeness (QED) is 0.612. The summed E-state index contributed by atoms with van der Waals surface area (Å²) in [6.45, 7) is 1.95. The number of hydrogen-bond donors (Lipinski definition) is 0. The first-order valence-corrected chi connectivity index (χ1v) is 5.20. The van der Waals surface area contributed by atoms with E-state index in [2.05, 4.69) is 9.97 Å². The molecule has 0 amide bonds. The zero-order chi connectivity index (χ0) is 12.0. The van der Waals surface area contributed by atoms with Crippen molar-refractivity contribution in [3.63, 3.8) is 0 Å². The van der Waals surface area contributed by atoms with Gasteiger partial charge in [-0.25, -0.2) is 9.97 Å². The van der Waals surface area contributed by atoms with Crippen LogP contribution in [0.15, 0.2) is 40.1 Å². The topological polar surface area (TPSA) is 59.9 Å². The van der Waals surface area contributed by atoms with Crippen LogP contribution in [0.5, 0.6) is 0 Å². The van der Waals surface area contributed by atoms with Crippen molar-refractivity contribution in [2.24, 2.45) is 0 Å². The summed E-state index contributed by atoms with van der Waals surface area (Å²) in [5.74, 6) is 0. The Kier molecular flexibility index (Phi) is 1.92. The maximum absolute atomic E-state index is 11.6. The number of rotatable bonds is 1. The van der Waals surface area contributed by atoms with E-state index in [9.17, 15) is 9.59 Å². The van der Waals surface area contributed by atoms with Gasteiger partial charge in [0.15, 0.2) is 0 Å². The molecular formula is C13H8N2O2. The van der Waals surface area contributed by atoms with Gasteiger partial charge in [0.05, 0.1) is 16.1 Å². The molecule has 0 spiro atoms. The Hall–Kier alpha value is -2.36. The Bertz CT molecular complexity index is 843. The summed E-state index contributed by atoms with van der Waals surface area (Å²) in [5, 5.41) is 0.645. The molecule has 4 heteroatoms. The van der Waals surface area contributed by atoms with Crippen molar-refractivity contribution >= 4 is 0 Å². The first kappa shape index (κ1) is 9.84. The molecule has 1 aromatic carbocycles. The Labute approximate surface area is 95.9 Å². The molecule has 0 bridgehead atoms. The van der Waals surface area contributed by atoms with Crippen molar-refractivity contribution in [2.45, 2.75) is 6.92 Å². The molecule has 0 saturated carbocycles. The monoisotopic (exact) mass is 224 g/mol. The highest BCUT2D eigenvalue weighted by molar-refractivity contribution is 5.61. The molecule has 0 N–H and O–H groups in total. The fourth-order valence-corrected chi connectivity index (χ4v) is 1.98. The van der Waals surface area contributed by atoms with Gasteiger partial charge in [-0.3, -0.25) is 9.59 Å². The van der Waals surface area contributed by atoms with Crippen LogP contribution in [0.25, 0.3) is 11.3 Å². The van der Waals surface area contributed by atoms with Crippen molar-refractivity contribution in [1.29, 1.82) is 0 Å². The third-order valence-electron chi connectivity index (χ3n) is 2.77. The molecule has 0 unspecified atom stereocenters. The number of nitrogens with zero attached hydrogens (tertiary/aromatic N) is 2. The lowest BCUT2D eigenvalue weighted by Crippen LogP contribution is -2.02. The number of hydrogen-bond acceptors (Lipinski definition) is 4. The number of aromatic nitrogens is 2. The summed E-state index contributed by atoms with van der Waals surface area (Å²) in [5.41, 5.74) is 1.51. The Morgan fingerprint density at radius 1 is 1.12 bits per heavy atom. The second-order valence-electron chi connectivity index (χ2n) is 3.99. The largest absolute Gasteiger partial charge is 0.280 e. The van der Waals surface area contributed by atoms with Gasteiger partial charge >= 0.3 is 0 Å². The summed E-state index contributed by atoms with van der Waals surface area (Å²) < 4.78 is 0. The molecular weight excluding hydrogens is 216 g/mol. The molecule has 2 heterocycles.